The normalized spacial score (nSPS) is 21.7. The summed E-state index contributed by atoms with van der Waals surface area (Å²) in [6.45, 7) is 3.61. The summed E-state index contributed by atoms with van der Waals surface area (Å²) in [6, 6.07) is 2.66. The SMILES string of the molecule is C[C@@H]1CCCC[C@H]1NC(=O)[C@@H](C)OC(=O)/C=C/c1ccc([N+](=O)[O-])o1. The summed E-state index contributed by atoms with van der Waals surface area (Å²) in [4.78, 5) is 33.7. The minimum absolute atomic E-state index is 0.113. The molecule has 3 atom stereocenters. The molecule has 0 radical (unpaired) electrons. The van der Waals surface area contributed by atoms with Gasteiger partial charge < -0.3 is 14.5 Å². The third kappa shape index (κ3) is 5.44. The molecule has 0 aliphatic heterocycles. The van der Waals surface area contributed by atoms with Crippen molar-refractivity contribution in [1.82, 2.24) is 5.32 Å². The van der Waals surface area contributed by atoms with Gasteiger partial charge in [-0.25, -0.2) is 4.79 Å². The zero-order valence-corrected chi connectivity index (χ0v) is 14.3. The fraction of sp³-hybridized carbons (Fsp3) is 0.529. The summed E-state index contributed by atoms with van der Waals surface area (Å²) < 4.78 is 9.94. The lowest BCUT2D eigenvalue weighted by Crippen LogP contribution is -2.45. The molecule has 1 N–H and O–H groups in total. The largest absolute Gasteiger partial charge is 0.449 e. The highest BCUT2D eigenvalue weighted by molar-refractivity contribution is 5.90. The summed E-state index contributed by atoms with van der Waals surface area (Å²) in [5.74, 6) is -0.901. The van der Waals surface area contributed by atoms with Gasteiger partial charge in [0.25, 0.3) is 5.91 Å². The average Bonchev–Trinajstić information content (AvgIpc) is 3.04. The van der Waals surface area contributed by atoms with Crippen LogP contribution in [0.2, 0.25) is 0 Å². The topological polar surface area (TPSA) is 112 Å². The van der Waals surface area contributed by atoms with Crippen LogP contribution in [0.5, 0.6) is 0 Å². The second-order valence-electron chi connectivity index (χ2n) is 6.22. The number of ether oxygens (including phenoxy) is 1. The Kier molecular flexibility index (Phi) is 6.32. The number of carbonyl (C=O) groups is 2. The van der Waals surface area contributed by atoms with E-state index in [1.807, 2.05) is 0 Å². The first-order chi connectivity index (χ1) is 11.9. The number of hydrogen-bond donors (Lipinski definition) is 1. The lowest BCUT2D eigenvalue weighted by atomic mass is 9.86. The molecule has 0 saturated heterocycles. The number of amides is 1. The lowest BCUT2D eigenvalue weighted by Gasteiger charge is -2.30. The minimum atomic E-state index is -0.919. The second-order valence-corrected chi connectivity index (χ2v) is 6.22. The standard InChI is InChI=1S/C17H22N2O6/c1-11-5-3-4-6-14(11)18-17(21)12(2)24-16(20)10-8-13-7-9-15(25-13)19(22)23/h7-12,14H,3-6H2,1-2H3,(H,18,21)/b10-8+/t11-,12-,14-/m1/s1. The number of esters is 1. The van der Waals surface area contributed by atoms with Crippen LogP contribution in [0.3, 0.4) is 0 Å². The van der Waals surface area contributed by atoms with Gasteiger partial charge in [-0.15, -0.1) is 0 Å². The highest BCUT2D eigenvalue weighted by Crippen LogP contribution is 2.23. The third-order valence-corrected chi connectivity index (χ3v) is 4.28. The van der Waals surface area contributed by atoms with Crippen molar-refractivity contribution in [2.75, 3.05) is 0 Å². The maximum atomic E-state index is 12.1. The number of hydrogen-bond acceptors (Lipinski definition) is 6. The Morgan fingerprint density at radius 1 is 1.40 bits per heavy atom. The molecule has 2 rings (SSSR count). The molecule has 136 valence electrons. The van der Waals surface area contributed by atoms with Crippen LogP contribution in [0.25, 0.3) is 6.08 Å². The number of carbonyl (C=O) groups excluding carboxylic acids is 2. The number of nitrogens with zero attached hydrogens (tertiary/aromatic N) is 1. The molecule has 1 fully saturated rings. The van der Waals surface area contributed by atoms with Crippen LogP contribution in [-0.2, 0) is 14.3 Å². The fourth-order valence-electron chi connectivity index (χ4n) is 2.78. The Morgan fingerprint density at radius 3 is 2.76 bits per heavy atom. The first kappa shape index (κ1) is 18.7. The second kappa shape index (κ2) is 8.46. The van der Waals surface area contributed by atoms with E-state index < -0.39 is 22.9 Å². The number of rotatable bonds is 6. The molecule has 1 heterocycles. The number of nitrogens with one attached hydrogen (secondary N) is 1. The van der Waals surface area contributed by atoms with Gasteiger partial charge in [-0.3, -0.25) is 14.9 Å². The molecular formula is C17H22N2O6. The summed E-state index contributed by atoms with van der Waals surface area (Å²) in [7, 11) is 0. The molecule has 0 bridgehead atoms. The molecule has 8 heteroatoms. The lowest BCUT2D eigenvalue weighted by molar-refractivity contribution is -0.402. The van der Waals surface area contributed by atoms with Crippen LogP contribution in [0.15, 0.2) is 22.6 Å². The molecule has 0 spiro atoms. The first-order valence-corrected chi connectivity index (χ1v) is 8.30. The van der Waals surface area contributed by atoms with Gasteiger partial charge in [0, 0.05) is 12.1 Å². The van der Waals surface area contributed by atoms with E-state index in [4.69, 9.17) is 9.15 Å². The van der Waals surface area contributed by atoms with Crippen LogP contribution in [0.4, 0.5) is 5.88 Å². The van der Waals surface area contributed by atoms with Crippen molar-refractivity contribution in [3.8, 4) is 0 Å². The van der Waals surface area contributed by atoms with Gasteiger partial charge in [-0.1, -0.05) is 19.8 Å². The maximum absolute atomic E-state index is 12.1. The predicted octanol–water partition coefficient (Wildman–Crippen LogP) is 2.83. The Morgan fingerprint density at radius 2 is 2.12 bits per heavy atom. The van der Waals surface area contributed by atoms with Gasteiger partial charge in [-0.2, -0.15) is 0 Å². The quantitative estimate of drug-likeness (QED) is 0.365. The number of nitro groups is 1. The van der Waals surface area contributed by atoms with Crippen LogP contribution in [0, 0.1) is 16.0 Å². The van der Waals surface area contributed by atoms with E-state index in [1.54, 1.807) is 0 Å². The molecule has 1 aromatic rings. The van der Waals surface area contributed by atoms with E-state index in [9.17, 15) is 19.7 Å². The zero-order chi connectivity index (χ0) is 18.4. The van der Waals surface area contributed by atoms with Gasteiger partial charge in [0.1, 0.15) is 10.7 Å². The molecule has 1 aliphatic carbocycles. The van der Waals surface area contributed by atoms with Gasteiger partial charge in [0.05, 0.1) is 6.07 Å². The molecule has 0 aromatic carbocycles. The van der Waals surface area contributed by atoms with Gasteiger partial charge in [-0.05, 0) is 37.8 Å². The molecule has 1 aromatic heterocycles. The monoisotopic (exact) mass is 350 g/mol. The Bertz CT molecular complexity index is 666. The fourth-order valence-corrected chi connectivity index (χ4v) is 2.78. The van der Waals surface area contributed by atoms with E-state index in [-0.39, 0.29) is 17.7 Å². The van der Waals surface area contributed by atoms with E-state index in [1.165, 1.54) is 31.6 Å². The molecule has 1 saturated carbocycles. The minimum Gasteiger partial charge on any atom is -0.449 e. The predicted molar refractivity (Wildman–Crippen MR) is 89.5 cm³/mol. The molecule has 25 heavy (non-hydrogen) atoms. The summed E-state index contributed by atoms with van der Waals surface area (Å²) in [6.07, 6.45) is 5.67. The van der Waals surface area contributed by atoms with E-state index in [2.05, 4.69) is 12.2 Å². The van der Waals surface area contributed by atoms with Crippen LogP contribution in [0.1, 0.15) is 45.3 Å². The van der Waals surface area contributed by atoms with Crippen LogP contribution < -0.4 is 5.32 Å². The van der Waals surface area contributed by atoms with Gasteiger partial charge >= 0.3 is 11.9 Å². The van der Waals surface area contributed by atoms with Crippen molar-refractivity contribution < 1.29 is 23.7 Å². The van der Waals surface area contributed by atoms with Crippen molar-refractivity contribution in [2.24, 2.45) is 5.92 Å². The van der Waals surface area contributed by atoms with Crippen molar-refractivity contribution in [3.05, 3.63) is 34.1 Å². The molecule has 1 aliphatic rings. The van der Waals surface area contributed by atoms with Crippen LogP contribution in [-0.4, -0.2) is 28.9 Å². The van der Waals surface area contributed by atoms with E-state index >= 15 is 0 Å². The average molecular weight is 350 g/mol. The van der Waals surface area contributed by atoms with Gasteiger partial charge in [0.15, 0.2) is 6.10 Å². The molecule has 8 nitrogen and oxygen atoms in total. The zero-order valence-electron chi connectivity index (χ0n) is 14.3. The van der Waals surface area contributed by atoms with Gasteiger partial charge in [0.2, 0.25) is 0 Å². The molecular weight excluding hydrogens is 328 g/mol. The van der Waals surface area contributed by atoms with Crippen molar-refractivity contribution in [1.29, 1.82) is 0 Å². The van der Waals surface area contributed by atoms with E-state index in [0.717, 1.165) is 25.3 Å². The summed E-state index contributed by atoms with van der Waals surface area (Å²) in [5.41, 5.74) is 0. The maximum Gasteiger partial charge on any atom is 0.433 e. The van der Waals surface area contributed by atoms with Crippen molar-refractivity contribution in [3.63, 3.8) is 0 Å². The van der Waals surface area contributed by atoms with E-state index in [0.29, 0.717) is 5.92 Å². The first-order valence-electron chi connectivity index (χ1n) is 8.30. The number of furan rings is 1. The molecule has 0 unspecified atom stereocenters. The van der Waals surface area contributed by atoms with Crippen molar-refractivity contribution >= 4 is 23.8 Å². The van der Waals surface area contributed by atoms with Crippen molar-refractivity contribution in [2.45, 2.75) is 51.7 Å². The Hall–Kier alpha value is -2.64. The van der Waals surface area contributed by atoms with Crippen LogP contribution >= 0.6 is 0 Å². The highest BCUT2D eigenvalue weighted by Gasteiger charge is 2.26. The smallest absolute Gasteiger partial charge is 0.433 e. The Balaban J connectivity index is 1.82. The molecule has 1 amide bonds. The highest BCUT2D eigenvalue weighted by atomic mass is 16.6. The Labute approximate surface area is 145 Å². The summed E-state index contributed by atoms with van der Waals surface area (Å²) >= 11 is 0. The third-order valence-electron chi connectivity index (χ3n) is 4.28. The summed E-state index contributed by atoms with van der Waals surface area (Å²) in [5, 5.41) is 13.4.